The Labute approximate surface area is 251 Å². The van der Waals surface area contributed by atoms with Gasteiger partial charge in [0.15, 0.2) is 0 Å². The highest BCUT2D eigenvalue weighted by Crippen LogP contribution is 2.51. The standard InChI is InChI=1S/C34H48ClNO5/c1-7-23-19-27-24(9-8-10-29(27)35)14-15-28(23)34(5,6)36-32(38)31-25-13-11-22(17-26(31)18-25)12-16-30(37)40-21(4)41-33(39)20(2)3/h8-10,19-22,24-26,31H,7,11-18H2,1-6H3,(H,36,38)/t21?,22?,24?,25-,26+,31+/m1/s1. The zero-order valence-electron chi connectivity index (χ0n) is 25.6. The van der Waals surface area contributed by atoms with Crippen LogP contribution in [-0.2, 0) is 23.9 Å². The first-order chi connectivity index (χ1) is 19.4. The van der Waals surface area contributed by atoms with Gasteiger partial charge in [-0.25, -0.2) is 0 Å². The number of nitrogens with one attached hydrogen (secondary N) is 1. The molecule has 4 aliphatic rings. The molecule has 2 fully saturated rings. The summed E-state index contributed by atoms with van der Waals surface area (Å²) in [4.78, 5) is 37.9. The van der Waals surface area contributed by atoms with E-state index in [-0.39, 0.29) is 29.7 Å². The summed E-state index contributed by atoms with van der Waals surface area (Å²) in [6, 6.07) is 0. The van der Waals surface area contributed by atoms with Gasteiger partial charge in [-0.1, -0.05) is 57.0 Å². The predicted octanol–water partition coefficient (Wildman–Crippen LogP) is 7.54. The maximum Gasteiger partial charge on any atom is 0.311 e. The van der Waals surface area contributed by atoms with Crippen LogP contribution in [0.5, 0.6) is 0 Å². The van der Waals surface area contributed by atoms with Gasteiger partial charge in [-0.05, 0) is 99.3 Å². The summed E-state index contributed by atoms with van der Waals surface area (Å²) in [6.45, 7) is 11.5. The first kappa shape index (κ1) is 31.6. The van der Waals surface area contributed by atoms with Gasteiger partial charge in [0.1, 0.15) is 0 Å². The van der Waals surface area contributed by atoms with Crippen molar-refractivity contribution in [1.29, 1.82) is 0 Å². The lowest BCUT2D eigenvalue weighted by molar-refractivity contribution is -0.187. The Hall–Kier alpha value is -2.34. The third kappa shape index (κ3) is 7.55. The first-order valence-electron chi connectivity index (χ1n) is 15.6. The summed E-state index contributed by atoms with van der Waals surface area (Å²) < 4.78 is 10.4. The van der Waals surface area contributed by atoms with Crippen LogP contribution in [0.3, 0.4) is 0 Å². The van der Waals surface area contributed by atoms with Gasteiger partial charge in [0, 0.05) is 30.2 Å². The van der Waals surface area contributed by atoms with Crippen molar-refractivity contribution in [3.8, 4) is 0 Å². The summed E-state index contributed by atoms with van der Waals surface area (Å²) in [5.41, 5.74) is 3.33. The number of halogens is 1. The SMILES string of the molecule is CCC1=C(C(C)(C)NC(=O)[C@H]2[C@@H]3CCC(CCC(=O)OC(C)OC(=O)C(C)C)C[C@H]2C3)CCC2C=CC=C(Cl)C2=C1. The Morgan fingerprint density at radius 2 is 1.83 bits per heavy atom. The first-order valence-corrected chi connectivity index (χ1v) is 16.0. The number of carbonyl (C=O) groups excluding carboxylic acids is 3. The monoisotopic (exact) mass is 585 g/mol. The lowest BCUT2D eigenvalue weighted by atomic mass is 9.63. The third-order valence-electron chi connectivity index (χ3n) is 9.57. The molecule has 0 radical (unpaired) electrons. The van der Waals surface area contributed by atoms with Crippen molar-refractivity contribution in [3.05, 3.63) is 46.1 Å². The molecule has 4 aliphatic carbocycles. The number of ether oxygens (including phenoxy) is 2. The van der Waals surface area contributed by atoms with E-state index in [0.717, 1.165) is 56.4 Å². The molecule has 0 spiro atoms. The Bertz CT molecular complexity index is 1150. The largest absolute Gasteiger partial charge is 0.425 e. The highest BCUT2D eigenvalue weighted by molar-refractivity contribution is 6.32. The van der Waals surface area contributed by atoms with Crippen LogP contribution in [0.4, 0.5) is 0 Å². The molecule has 41 heavy (non-hydrogen) atoms. The van der Waals surface area contributed by atoms with E-state index in [9.17, 15) is 14.4 Å². The molecule has 0 heterocycles. The van der Waals surface area contributed by atoms with E-state index in [1.807, 2.05) is 12.2 Å². The maximum absolute atomic E-state index is 13.8. The Morgan fingerprint density at radius 1 is 1.07 bits per heavy atom. The second kappa shape index (κ2) is 13.3. The van der Waals surface area contributed by atoms with Crippen LogP contribution in [0, 0.1) is 35.5 Å². The number of allylic oxidation sites excluding steroid dienone is 7. The Balaban J connectivity index is 1.33. The van der Waals surface area contributed by atoms with Gasteiger partial charge in [-0.15, -0.1) is 0 Å². The lowest BCUT2D eigenvalue weighted by Gasteiger charge is -2.44. The molecule has 4 rings (SSSR count). The minimum Gasteiger partial charge on any atom is -0.425 e. The zero-order valence-corrected chi connectivity index (χ0v) is 26.4. The Morgan fingerprint density at radius 3 is 2.54 bits per heavy atom. The van der Waals surface area contributed by atoms with E-state index in [2.05, 4.69) is 38.2 Å². The lowest BCUT2D eigenvalue weighted by Crippen LogP contribution is -2.53. The van der Waals surface area contributed by atoms with Crippen LogP contribution in [0.25, 0.3) is 0 Å². The molecule has 1 amide bonds. The van der Waals surface area contributed by atoms with E-state index in [0.29, 0.717) is 30.1 Å². The van der Waals surface area contributed by atoms with E-state index >= 15 is 0 Å². The van der Waals surface area contributed by atoms with Crippen molar-refractivity contribution in [2.75, 3.05) is 0 Å². The van der Waals surface area contributed by atoms with Gasteiger partial charge in [-0.2, -0.15) is 0 Å². The van der Waals surface area contributed by atoms with Crippen LogP contribution < -0.4 is 5.32 Å². The summed E-state index contributed by atoms with van der Waals surface area (Å²) in [5, 5.41) is 4.29. The van der Waals surface area contributed by atoms with Crippen LogP contribution in [0.15, 0.2) is 46.1 Å². The fourth-order valence-electron chi connectivity index (χ4n) is 7.30. The molecule has 2 bridgehead atoms. The smallest absolute Gasteiger partial charge is 0.311 e. The molecule has 1 N–H and O–H groups in total. The zero-order chi connectivity index (χ0) is 29.9. The summed E-state index contributed by atoms with van der Waals surface area (Å²) in [6.07, 6.45) is 15.6. The molecule has 6 nitrogen and oxygen atoms in total. The van der Waals surface area contributed by atoms with Crippen molar-refractivity contribution in [2.45, 2.75) is 111 Å². The average Bonchev–Trinajstić information content (AvgIpc) is 3.29. The minimum atomic E-state index is -0.877. The second-order valence-electron chi connectivity index (χ2n) is 13.3. The number of carbonyl (C=O) groups is 3. The Kier molecular flexibility index (Phi) is 10.3. The molecule has 0 aromatic rings. The highest BCUT2D eigenvalue weighted by Gasteiger charge is 2.49. The van der Waals surface area contributed by atoms with Gasteiger partial charge in [0.2, 0.25) is 12.2 Å². The van der Waals surface area contributed by atoms with Gasteiger partial charge < -0.3 is 14.8 Å². The number of esters is 2. The van der Waals surface area contributed by atoms with Crippen LogP contribution >= 0.6 is 11.6 Å². The highest BCUT2D eigenvalue weighted by atomic mass is 35.5. The number of hydrogen-bond donors (Lipinski definition) is 1. The topological polar surface area (TPSA) is 81.7 Å². The fourth-order valence-corrected chi connectivity index (χ4v) is 7.56. The number of amides is 1. The third-order valence-corrected chi connectivity index (χ3v) is 9.91. The summed E-state index contributed by atoms with van der Waals surface area (Å²) in [5.74, 6) is 0.718. The maximum atomic E-state index is 13.8. The van der Waals surface area contributed by atoms with E-state index < -0.39 is 11.8 Å². The molecule has 226 valence electrons. The molecule has 0 aromatic heterocycles. The second-order valence-corrected chi connectivity index (χ2v) is 13.7. The molecule has 2 saturated carbocycles. The molecule has 0 aromatic carbocycles. The number of hydrogen-bond acceptors (Lipinski definition) is 5. The molecular formula is C34H48ClNO5. The van der Waals surface area contributed by atoms with Gasteiger partial charge in [-0.3, -0.25) is 14.4 Å². The predicted molar refractivity (Wildman–Crippen MR) is 162 cm³/mol. The van der Waals surface area contributed by atoms with Crippen LogP contribution in [-0.4, -0.2) is 29.7 Å². The summed E-state index contributed by atoms with van der Waals surface area (Å²) in [7, 11) is 0. The molecular weight excluding hydrogens is 538 g/mol. The van der Waals surface area contributed by atoms with Crippen molar-refractivity contribution in [3.63, 3.8) is 0 Å². The van der Waals surface area contributed by atoms with E-state index in [4.69, 9.17) is 21.1 Å². The van der Waals surface area contributed by atoms with Crippen molar-refractivity contribution in [2.24, 2.45) is 35.5 Å². The molecule has 7 heteroatoms. The van der Waals surface area contributed by atoms with Crippen LogP contribution in [0.1, 0.15) is 99.3 Å². The molecule has 6 atom stereocenters. The molecule has 3 unspecified atom stereocenters. The van der Waals surface area contributed by atoms with Crippen molar-refractivity contribution < 1.29 is 23.9 Å². The summed E-state index contributed by atoms with van der Waals surface area (Å²) >= 11 is 6.58. The van der Waals surface area contributed by atoms with Crippen molar-refractivity contribution >= 4 is 29.4 Å². The van der Waals surface area contributed by atoms with Crippen LogP contribution in [0.2, 0.25) is 0 Å². The van der Waals surface area contributed by atoms with E-state index in [1.54, 1.807) is 20.8 Å². The average molecular weight is 586 g/mol. The molecule has 0 saturated heterocycles. The quantitative estimate of drug-likeness (QED) is 0.211. The van der Waals surface area contributed by atoms with Gasteiger partial charge in [0.05, 0.1) is 11.5 Å². The van der Waals surface area contributed by atoms with E-state index in [1.165, 1.54) is 16.7 Å². The fraction of sp³-hybridized carbons (Fsp3) is 0.676. The number of fused-ring (bicyclic) bond motifs is 3. The van der Waals surface area contributed by atoms with Gasteiger partial charge in [0.25, 0.3) is 0 Å². The molecule has 0 aliphatic heterocycles. The minimum absolute atomic E-state index is 0.0411. The number of rotatable bonds is 10. The van der Waals surface area contributed by atoms with Crippen molar-refractivity contribution in [1.82, 2.24) is 5.32 Å². The normalized spacial score (nSPS) is 28.3. The van der Waals surface area contributed by atoms with Gasteiger partial charge >= 0.3 is 11.9 Å².